The Morgan fingerprint density at radius 2 is 1.82 bits per heavy atom. The molecule has 1 amide bonds. The molecule has 0 bridgehead atoms. The van der Waals surface area contributed by atoms with E-state index in [1.807, 2.05) is 4.72 Å². The number of nitrogens with two attached hydrogens (primary N) is 1. The van der Waals surface area contributed by atoms with E-state index < -0.39 is 28.1 Å². The zero-order valence-electron chi connectivity index (χ0n) is 16.8. The minimum absolute atomic E-state index is 0.000581. The standard InChI is InChI=1S/C15H15N5O5S.C2HF3O2/c1-24-9-3-4-11(25-2)10(7-9)15(21)19-26(22,23)12-8-17-20-6-5-13(16)18-14(12)20;3-2(4,5)1(6)7/h3-8H,1-2H3,(H2,16,18)(H,19,21);(H,6,7). The van der Waals surface area contributed by atoms with Crippen molar-refractivity contribution in [1.82, 2.24) is 19.3 Å². The lowest BCUT2D eigenvalue weighted by molar-refractivity contribution is -0.192. The van der Waals surface area contributed by atoms with Crippen molar-refractivity contribution in [2.45, 2.75) is 11.1 Å². The number of carboxylic acid groups (broad SMARTS) is 1. The van der Waals surface area contributed by atoms with Gasteiger partial charge >= 0.3 is 12.1 Å². The zero-order chi connectivity index (χ0) is 25.0. The van der Waals surface area contributed by atoms with Gasteiger partial charge in [-0.1, -0.05) is 0 Å². The van der Waals surface area contributed by atoms with Gasteiger partial charge in [-0.2, -0.15) is 18.3 Å². The molecule has 0 atom stereocenters. The summed E-state index contributed by atoms with van der Waals surface area (Å²) in [6, 6.07) is 5.92. The summed E-state index contributed by atoms with van der Waals surface area (Å²) in [6.45, 7) is 0. The van der Waals surface area contributed by atoms with Gasteiger partial charge in [0.05, 0.1) is 26.0 Å². The lowest BCUT2D eigenvalue weighted by atomic mass is 10.2. The molecule has 1 aromatic carbocycles. The maximum atomic E-state index is 12.6. The fraction of sp³-hybridized carbons (Fsp3) is 0.176. The third-order valence-corrected chi connectivity index (χ3v) is 5.09. The van der Waals surface area contributed by atoms with Crippen molar-refractivity contribution in [3.05, 3.63) is 42.2 Å². The van der Waals surface area contributed by atoms with Crippen LogP contribution in [-0.2, 0) is 14.8 Å². The van der Waals surface area contributed by atoms with E-state index in [1.165, 1.54) is 43.1 Å². The van der Waals surface area contributed by atoms with E-state index in [0.717, 1.165) is 6.20 Å². The quantitative estimate of drug-likeness (QED) is 0.468. The molecule has 2 heterocycles. The Balaban J connectivity index is 0.000000479. The van der Waals surface area contributed by atoms with Crippen LogP contribution in [0.1, 0.15) is 10.4 Å². The number of rotatable bonds is 5. The molecule has 3 rings (SSSR count). The van der Waals surface area contributed by atoms with Crippen molar-refractivity contribution in [2.75, 3.05) is 20.0 Å². The number of amides is 1. The monoisotopic (exact) mass is 491 g/mol. The molecular formula is C17H16F3N5O7S. The number of nitrogens with one attached hydrogen (secondary N) is 1. The maximum absolute atomic E-state index is 12.6. The Morgan fingerprint density at radius 3 is 2.36 bits per heavy atom. The second-order valence-electron chi connectivity index (χ2n) is 5.93. The van der Waals surface area contributed by atoms with Gasteiger partial charge in [0.25, 0.3) is 15.9 Å². The summed E-state index contributed by atoms with van der Waals surface area (Å²) in [7, 11) is -1.46. The molecule has 0 saturated carbocycles. The Morgan fingerprint density at radius 1 is 1.18 bits per heavy atom. The number of ether oxygens (including phenoxy) is 2. The molecule has 0 radical (unpaired) electrons. The van der Waals surface area contributed by atoms with Crippen LogP contribution in [-0.4, -0.2) is 60.4 Å². The number of halogens is 3. The minimum atomic E-state index is -5.08. The number of methoxy groups -OCH3 is 2. The summed E-state index contributed by atoms with van der Waals surface area (Å²) >= 11 is 0. The van der Waals surface area contributed by atoms with E-state index in [2.05, 4.69) is 10.1 Å². The first-order chi connectivity index (χ1) is 15.3. The van der Waals surface area contributed by atoms with Crippen molar-refractivity contribution < 1.29 is 45.8 Å². The lowest BCUT2D eigenvalue weighted by Gasteiger charge is -2.11. The van der Waals surface area contributed by atoms with E-state index in [0.29, 0.717) is 5.75 Å². The zero-order valence-corrected chi connectivity index (χ0v) is 17.6. The Labute approximate surface area is 183 Å². The number of carboxylic acids is 1. The van der Waals surface area contributed by atoms with Crippen LogP contribution in [0.4, 0.5) is 19.0 Å². The molecule has 33 heavy (non-hydrogen) atoms. The first-order valence-corrected chi connectivity index (χ1v) is 9.97. The van der Waals surface area contributed by atoms with Gasteiger partial charge in [0.15, 0.2) is 10.5 Å². The fourth-order valence-electron chi connectivity index (χ4n) is 2.27. The SMILES string of the molecule is COc1ccc(OC)c(C(=O)NS(=O)(=O)c2cnn3ccc(N)nc23)c1.O=C(O)C(F)(F)F. The molecule has 0 saturated heterocycles. The van der Waals surface area contributed by atoms with Crippen LogP contribution in [0.15, 0.2) is 41.6 Å². The number of benzene rings is 1. The number of hydrogen-bond donors (Lipinski definition) is 3. The average Bonchev–Trinajstić information content (AvgIpc) is 3.16. The smallest absolute Gasteiger partial charge is 0.490 e. The van der Waals surface area contributed by atoms with Crippen LogP contribution in [0, 0.1) is 0 Å². The number of nitrogens with zero attached hydrogens (tertiary/aromatic N) is 3. The molecule has 2 aromatic heterocycles. The number of anilines is 1. The van der Waals surface area contributed by atoms with Crippen LogP contribution < -0.4 is 19.9 Å². The summed E-state index contributed by atoms with van der Waals surface area (Å²) in [5, 5.41) is 11.0. The number of aromatic nitrogens is 3. The number of fused-ring (bicyclic) bond motifs is 1. The van der Waals surface area contributed by atoms with Crippen molar-refractivity contribution in [1.29, 1.82) is 0 Å². The Hall–Kier alpha value is -4.08. The summed E-state index contributed by atoms with van der Waals surface area (Å²) in [4.78, 5) is 25.1. The molecule has 0 aliphatic heterocycles. The first kappa shape index (κ1) is 25.2. The highest BCUT2D eigenvalue weighted by Gasteiger charge is 2.38. The summed E-state index contributed by atoms with van der Waals surface area (Å²) in [5.74, 6) is -2.95. The van der Waals surface area contributed by atoms with Gasteiger partial charge in [-0.3, -0.25) is 4.79 Å². The van der Waals surface area contributed by atoms with Crippen LogP contribution in [0.2, 0.25) is 0 Å². The number of alkyl halides is 3. The topological polar surface area (TPSA) is 175 Å². The van der Waals surface area contributed by atoms with Crippen LogP contribution in [0.3, 0.4) is 0 Å². The van der Waals surface area contributed by atoms with Gasteiger partial charge in [0.1, 0.15) is 17.3 Å². The third kappa shape index (κ3) is 6.00. The number of carbonyl (C=O) groups is 2. The van der Waals surface area contributed by atoms with Gasteiger partial charge in [-0.25, -0.2) is 27.4 Å². The maximum Gasteiger partial charge on any atom is 0.490 e. The van der Waals surface area contributed by atoms with Crippen LogP contribution in [0.25, 0.3) is 5.65 Å². The number of sulfonamides is 1. The third-order valence-electron chi connectivity index (χ3n) is 3.77. The highest BCUT2D eigenvalue weighted by Crippen LogP contribution is 2.25. The molecule has 0 aliphatic rings. The van der Waals surface area contributed by atoms with E-state index in [1.54, 1.807) is 6.07 Å². The molecule has 0 unspecified atom stereocenters. The number of aliphatic carboxylic acids is 1. The number of hydrogen-bond acceptors (Lipinski definition) is 9. The van der Waals surface area contributed by atoms with Gasteiger partial charge in [-0.05, 0) is 24.3 Å². The lowest BCUT2D eigenvalue weighted by Crippen LogP contribution is -2.31. The first-order valence-electron chi connectivity index (χ1n) is 8.49. The molecule has 16 heteroatoms. The number of carbonyl (C=O) groups excluding carboxylic acids is 1. The predicted molar refractivity (Wildman–Crippen MR) is 105 cm³/mol. The largest absolute Gasteiger partial charge is 0.497 e. The van der Waals surface area contributed by atoms with Crippen LogP contribution >= 0.6 is 0 Å². The summed E-state index contributed by atoms with van der Waals surface area (Å²) < 4.78 is 70.3. The summed E-state index contributed by atoms with van der Waals surface area (Å²) in [5.41, 5.74) is 5.59. The van der Waals surface area contributed by atoms with E-state index in [-0.39, 0.29) is 27.7 Å². The minimum Gasteiger partial charge on any atom is -0.497 e. The van der Waals surface area contributed by atoms with E-state index in [4.69, 9.17) is 25.1 Å². The van der Waals surface area contributed by atoms with Crippen molar-refractivity contribution in [3.63, 3.8) is 0 Å². The Kier molecular flexibility index (Phi) is 7.32. The predicted octanol–water partition coefficient (Wildman–Crippen LogP) is 1.08. The normalized spacial score (nSPS) is 11.3. The van der Waals surface area contributed by atoms with Crippen molar-refractivity contribution in [2.24, 2.45) is 0 Å². The molecule has 3 aromatic rings. The highest BCUT2D eigenvalue weighted by molar-refractivity contribution is 7.90. The highest BCUT2D eigenvalue weighted by atomic mass is 32.2. The Bertz CT molecular complexity index is 1290. The van der Waals surface area contributed by atoms with Gasteiger partial charge in [0, 0.05) is 6.20 Å². The fourth-order valence-corrected chi connectivity index (χ4v) is 3.30. The van der Waals surface area contributed by atoms with Crippen LogP contribution in [0.5, 0.6) is 11.5 Å². The van der Waals surface area contributed by atoms with Crippen molar-refractivity contribution in [3.8, 4) is 11.5 Å². The molecule has 12 nitrogen and oxygen atoms in total. The van der Waals surface area contributed by atoms with Gasteiger partial charge < -0.3 is 20.3 Å². The molecule has 0 fully saturated rings. The van der Waals surface area contributed by atoms with Crippen molar-refractivity contribution >= 4 is 33.4 Å². The molecule has 0 spiro atoms. The second kappa shape index (κ2) is 9.60. The van der Waals surface area contributed by atoms with Gasteiger partial charge in [-0.15, -0.1) is 0 Å². The molecule has 4 N–H and O–H groups in total. The molecule has 0 aliphatic carbocycles. The number of nitrogen functional groups attached to an aromatic ring is 1. The average molecular weight is 491 g/mol. The summed E-state index contributed by atoms with van der Waals surface area (Å²) in [6.07, 6.45) is -2.54. The van der Waals surface area contributed by atoms with E-state index in [9.17, 15) is 26.4 Å². The van der Waals surface area contributed by atoms with Gasteiger partial charge in [0.2, 0.25) is 0 Å². The molecular weight excluding hydrogens is 475 g/mol. The molecule has 178 valence electrons. The van der Waals surface area contributed by atoms with E-state index >= 15 is 0 Å². The second-order valence-corrected chi connectivity index (χ2v) is 7.58.